The van der Waals surface area contributed by atoms with Gasteiger partial charge in [-0.25, -0.2) is 0 Å². The number of hydrogen-bond donors (Lipinski definition) is 0. The van der Waals surface area contributed by atoms with Gasteiger partial charge in [0.05, 0.1) is 21.1 Å². The second-order valence-corrected chi connectivity index (χ2v) is 4.49. The van der Waals surface area contributed by atoms with Crippen LogP contribution in [0.1, 0.15) is 6.92 Å². The van der Waals surface area contributed by atoms with Gasteiger partial charge >= 0.3 is 0 Å². The first kappa shape index (κ1) is 7.69. The van der Waals surface area contributed by atoms with Gasteiger partial charge in [-0.15, -0.1) is 0 Å². The molecule has 0 aromatic rings. The summed E-state index contributed by atoms with van der Waals surface area (Å²) in [4.78, 5) is 0. The zero-order valence-electron chi connectivity index (χ0n) is 5.40. The van der Waals surface area contributed by atoms with Crippen LogP contribution in [-0.4, -0.2) is 29.7 Å². The number of quaternary nitrogens is 1. The van der Waals surface area contributed by atoms with Crippen molar-refractivity contribution in [3.8, 4) is 0 Å². The Labute approximate surface area is 59.4 Å². The van der Waals surface area contributed by atoms with Crippen molar-refractivity contribution in [1.82, 2.24) is 0 Å². The van der Waals surface area contributed by atoms with E-state index < -0.39 is 0 Å². The fraction of sp³-hybridized carbons (Fsp3) is 1.00. The highest BCUT2D eigenvalue weighted by atomic mass is 127. The minimum atomic E-state index is 0.706. The van der Waals surface area contributed by atoms with Crippen LogP contribution >= 0.6 is 22.6 Å². The molecule has 1 atom stereocenters. The maximum atomic E-state index is 2.42. The van der Waals surface area contributed by atoms with Gasteiger partial charge in [0.15, 0.2) is 0 Å². The van der Waals surface area contributed by atoms with Crippen molar-refractivity contribution in [2.24, 2.45) is 0 Å². The van der Waals surface area contributed by atoms with Crippen LogP contribution in [-0.2, 0) is 0 Å². The van der Waals surface area contributed by atoms with Gasteiger partial charge < -0.3 is 4.48 Å². The van der Waals surface area contributed by atoms with E-state index in [0.717, 1.165) is 4.48 Å². The predicted octanol–water partition coefficient (Wildman–Crippen LogP) is 1.47. The van der Waals surface area contributed by atoms with Crippen LogP contribution in [0, 0.1) is 0 Å². The number of rotatable bonds is 1. The molecule has 0 heterocycles. The molecule has 1 nitrogen and oxygen atoms in total. The van der Waals surface area contributed by atoms with Crippen LogP contribution in [0.25, 0.3) is 0 Å². The monoisotopic (exact) mass is 214 g/mol. The first-order chi connectivity index (χ1) is 2.94. The van der Waals surface area contributed by atoms with Gasteiger partial charge in [0.1, 0.15) is 4.05 Å². The van der Waals surface area contributed by atoms with Crippen molar-refractivity contribution < 1.29 is 4.48 Å². The SMILES string of the molecule is C[C@H](I)[N+](C)(C)C. The van der Waals surface area contributed by atoms with Gasteiger partial charge in [-0.05, 0) is 29.5 Å². The molecule has 0 unspecified atom stereocenters. The third-order valence-electron chi connectivity index (χ3n) is 1.07. The van der Waals surface area contributed by atoms with Crippen molar-refractivity contribution in [3.05, 3.63) is 0 Å². The fourth-order valence-corrected chi connectivity index (χ4v) is 0. The van der Waals surface area contributed by atoms with Crippen LogP contribution in [0.3, 0.4) is 0 Å². The molecule has 0 spiro atoms. The Hall–Kier alpha value is 0.690. The Morgan fingerprint density at radius 1 is 1.29 bits per heavy atom. The lowest BCUT2D eigenvalue weighted by atomic mass is 10.6. The molecule has 0 aliphatic carbocycles. The maximum Gasteiger partial charge on any atom is 0.136 e. The molecule has 0 saturated heterocycles. The Kier molecular flexibility index (Phi) is 2.53. The molecule has 0 saturated carbocycles. The van der Waals surface area contributed by atoms with Gasteiger partial charge in [0.2, 0.25) is 0 Å². The standard InChI is InChI=1S/C5H13IN/c1-5(6)7(2,3)4/h5H,1-4H3/q+1/t5-/m1/s1. The first-order valence-electron chi connectivity index (χ1n) is 2.40. The van der Waals surface area contributed by atoms with Crippen molar-refractivity contribution in [2.75, 3.05) is 21.1 Å². The van der Waals surface area contributed by atoms with E-state index in [0.29, 0.717) is 4.05 Å². The van der Waals surface area contributed by atoms with Crippen molar-refractivity contribution >= 4 is 22.6 Å². The highest BCUT2D eigenvalue weighted by Crippen LogP contribution is 2.07. The maximum absolute atomic E-state index is 2.42. The summed E-state index contributed by atoms with van der Waals surface area (Å²) in [5.41, 5.74) is 0. The average Bonchev–Trinajstić information content (AvgIpc) is 1.31. The van der Waals surface area contributed by atoms with Crippen molar-refractivity contribution in [1.29, 1.82) is 0 Å². The number of halogens is 1. The number of alkyl halides is 1. The number of nitrogens with zero attached hydrogens (tertiary/aromatic N) is 1. The molecule has 0 fully saturated rings. The van der Waals surface area contributed by atoms with Crippen LogP contribution in [0.4, 0.5) is 0 Å². The molecule has 44 valence electrons. The van der Waals surface area contributed by atoms with E-state index in [9.17, 15) is 0 Å². The van der Waals surface area contributed by atoms with E-state index in [2.05, 4.69) is 50.7 Å². The second kappa shape index (κ2) is 2.31. The topological polar surface area (TPSA) is 0 Å². The van der Waals surface area contributed by atoms with Crippen LogP contribution < -0.4 is 0 Å². The molecule has 0 N–H and O–H groups in total. The Bertz CT molecular complexity index is 53.6. The predicted molar refractivity (Wildman–Crippen MR) is 41.5 cm³/mol. The summed E-state index contributed by atoms with van der Waals surface area (Å²) in [6.07, 6.45) is 0. The molecule has 0 rings (SSSR count). The van der Waals surface area contributed by atoms with Gasteiger partial charge in [0.25, 0.3) is 0 Å². The molecular formula is C5H13IN+. The van der Waals surface area contributed by atoms with Crippen LogP contribution in [0.15, 0.2) is 0 Å². The summed E-state index contributed by atoms with van der Waals surface area (Å²) >= 11 is 2.42. The van der Waals surface area contributed by atoms with Crippen LogP contribution in [0.5, 0.6) is 0 Å². The lowest BCUT2D eigenvalue weighted by Crippen LogP contribution is -2.39. The second-order valence-electron chi connectivity index (χ2n) is 2.69. The quantitative estimate of drug-likeness (QED) is 0.268. The normalized spacial score (nSPS) is 16.7. The van der Waals surface area contributed by atoms with Gasteiger partial charge in [-0.2, -0.15) is 0 Å². The summed E-state index contributed by atoms with van der Waals surface area (Å²) in [6.45, 7) is 2.21. The smallest absolute Gasteiger partial charge is 0.136 e. The van der Waals surface area contributed by atoms with Crippen molar-refractivity contribution in [3.63, 3.8) is 0 Å². The zero-order valence-corrected chi connectivity index (χ0v) is 7.56. The largest absolute Gasteiger partial charge is 0.321 e. The summed E-state index contributed by atoms with van der Waals surface area (Å²) in [6, 6.07) is 0. The molecule has 0 amide bonds. The Morgan fingerprint density at radius 2 is 1.43 bits per heavy atom. The Morgan fingerprint density at radius 3 is 1.43 bits per heavy atom. The molecule has 2 heteroatoms. The average molecular weight is 214 g/mol. The van der Waals surface area contributed by atoms with E-state index in [-0.39, 0.29) is 0 Å². The third-order valence-corrected chi connectivity index (χ3v) is 2.74. The highest BCUT2D eigenvalue weighted by Gasteiger charge is 2.12. The van der Waals surface area contributed by atoms with E-state index >= 15 is 0 Å². The molecular weight excluding hydrogens is 201 g/mol. The molecule has 0 bridgehead atoms. The molecule has 7 heavy (non-hydrogen) atoms. The summed E-state index contributed by atoms with van der Waals surface area (Å²) in [5, 5.41) is 0. The minimum Gasteiger partial charge on any atom is -0.321 e. The lowest BCUT2D eigenvalue weighted by Gasteiger charge is -2.26. The van der Waals surface area contributed by atoms with E-state index in [4.69, 9.17) is 0 Å². The fourth-order valence-electron chi connectivity index (χ4n) is 0. The minimum absolute atomic E-state index is 0.706. The van der Waals surface area contributed by atoms with E-state index in [1.165, 1.54) is 0 Å². The molecule has 0 radical (unpaired) electrons. The lowest BCUT2D eigenvalue weighted by molar-refractivity contribution is -0.874. The third kappa shape index (κ3) is 3.29. The van der Waals surface area contributed by atoms with Crippen molar-refractivity contribution in [2.45, 2.75) is 11.0 Å². The summed E-state index contributed by atoms with van der Waals surface area (Å²) < 4.78 is 1.75. The molecule has 0 aliphatic heterocycles. The zero-order chi connectivity index (χ0) is 6.08. The van der Waals surface area contributed by atoms with Crippen LogP contribution in [0.2, 0.25) is 0 Å². The Balaban J connectivity index is 3.54. The van der Waals surface area contributed by atoms with Gasteiger partial charge in [-0.3, -0.25) is 0 Å². The molecule has 0 aromatic carbocycles. The highest BCUT2D eigenvalue weighted by molar-refractivity contribution is 14.1. The van der Waals surface area contributed by atoms with E-state index in [1.54, 1.807) is 0 Å². The molecule has 0 aliphatic rings. The van der Waals surface area contributed by atoms with E-state index in [1.807, 2.05) is 0 Å². The van der Waals surface area contributed by atoms with Gasteiger partial charge in [0, 0.05) is 0 Å². The summed E-state index contributed by atoms with van der Waals surface area (Å²) in [7, 11) is 6.57. The first-order valence-corrected chi connectivity index (χ1v) is 3.64. The number of hydrogen-bond acceptors (Lipinski definition) is 0. The molecule has 0 aromatic heterocycles. The summed E-state index contributed by atoms with van der Waals surface area (Å²) in [5.74, 6) is 0. The van der Waals surface area contributed by atoms with Gasteiger partial charge in [-0.1, -0.05) is 0 Å².